The maximum absolute atomic E-state index is 9.40. The Balaban J connectivity index is 3.35. The summed E-state index contributed by atoms with van der Waals surface area (Å²) in [6.07, 6.45) is 1.71. The van der Waals surface area contributed by atoms with Crippen molar-refractivity contribution in [3.05, 3.63) is 0 Å². The first kappa shape index (κ1) is 6.34. The van der Waals surface area contributed by atoms with E-state index in [-0.39, 0.29) is 6.17 Å². The number of rotatable bonds is 2. The van der Waals surface area contributed by atoms with Crippen LogP contribution in [0.15, 0.2) is 4.99 Å². The molecule has 0 amide bonds. The van der Waals surface area contributed by atoms with Gasteiger partial charge in [-0.3, -0.25) is 0 Å². The highest BCUT2D eigenvalue weighted by atomic mass is 16.1. The molecule has 0 bridgehead atoms. The molecule has 0 aromatic carbocycles. The summed E-state index contributed by atoms with van der Waals surface area (Å²) in [4.78, 5) is 12.6. The van der Waals surface area contributed by atoms with Gasteiger partial charge in [-0.1, -0.05) is 6.92 Å². The van der Waals surface area contributed by atoms with Crippen molar-refractivity contribution in [3.8, 4) is 0 Å². The lowest BCUT2D eigenvalue weighted by Gasteiger charge is -1.92. The van der Waals surface area contributed by atoms with Gasteiger partial charge in [-0.05, 0) is 6.42 Å². The molecule has 3 nitrogen and oxygen atoms in total. The fourth-order valence-electron chi connectivity index (χ4n) is 0.159. The zero-order valence-corrected chi connectivity index (χ0v) is 4.22. The SMILES string of the molecule is CCC(N)N=C=O. The first-order chi connectivity index (χ1) is 3.31. The van der Waals surface area contributed by atoms with Gasteiger partial charge in [0.15, 0.2) is 0 Å². The largest absolute Gasteiger partial charge is 0.309 e. The Morgan fingerprint density at radius 1 is 2.00 bits per heavy atom. The van der Waals surface area contributed by atoms with Gasteiger partial charge >= 0.3 is 0 Å². The van der Waals surface area contributed by atoms with Crippen LogP contribution in [0.4, 0.5) is 0 Å². The molecule has 0 aromatic heterocycles. The lowest BCUT2D eigenvalue weighted by molar-refractivity contribution is 0.555. The van der Waals surface area contributed by atoms with Crippen LogP contribution in [0.25, 0.3) is 0 Å². The molecule has 0 spiro atoms. The quantitative estimate of drug-likeness (QED) is 0.392. The second-order valence-corrected chi connectivity index (χ2v) is 1.20. The van der Waals surface area contributed by atoms with E-state index in [4.69, 9.17) is 5.73 Å². The van der Waals surface area contributed by atoms with Crippen LogP contribution >= 0.6 is 0 Å². The minimum Gasteiger partial charge on any atom is -0.309 e. The fraction of sp³-hybridized carbons (Fsp3) is 0.750. The first-order valence-corrected chi connectivity index (χ1v) is 2.13. The van der Waals surface area contributed by atoms with E-state index < -0.39 is 0 Å². The van der Waals surface area contributed by atoms with Gasteiger partial charge in [0.1, 0.15) is 6.17 Å². The molecule has 0 aliphatic rings. The number of hydrogen-bond donors (Lipinski definition) is 1. The molecule has 0 saturated carbocycles. The fourth-order valence-corrected chi connectivity index (χ4v) is 0.159. The molecular weight excluding hydrogens is 92.1 g/mol. The maximum Gasteiger partial charge on any atom is 0.236 e. The summed E-state index contributed by atoms with van der Waals surface area (Å²) >= 11 is 0. The lowest BCUT2D eigenvalue weighted by Crippen LogP contribution is -2.14. The van der Waals surface area contributed by atoms with Gasteiger partial charge in [0, 0.05) is 0 Å². The molecule has 2 N–H and O–H groups in total. The van der Waals surface area contributed by atoms with E-state index in [1.54, 1.807) is 0 Å². The van der Waals surface area contributed by atoms with Crippen LogP contribution < -0.4 is 5.73 Å². The Morgan fingerprint density at radius 2 is 2.57 bits per heavy atom. The van der Waals surface area contributed by atoms with E-state index in [0.29, 0.717) is 6.42 Å². The monoisotopic (exact) mass is 100 g/mol. The van der Waals surface area contributed by atoms with E-state index in [2.05, 4.69) is 4.99 Å². The lowest BCUT2D eigenvalue weighted by atomic mass is 10.4. The first-order valence-electron chi connectivity index (χ1n) is 2.13. The number of carbonyl (C=O) groups excluding carboxylic acids is 1. The van der Waals surface area contributed by atoms with Gasteiger partial charge in [0.2, 0.25) is 6.08 Å². The van der Waals surface area contributed by atoms with Crippen molar-refractivity contribution in [2.45, 2.75) is 19.5 Å². The summed E-state index contributed by atoms with van der Waals surface area (Å²) in [6, 6.07) is 0. The topological polar surface area (TPSA) is 55.4 Å². The van der Waals surface area contributed by atoms with E-state index in [0.717, 1.165) is 0 Å². The molecule has 0 aromatic rings. The molecule has 0 rings (SSSR count). The highest BCUT2D eigenvalue weighted by Crippen LogP contribution is 1.82. The minimum atomic E-state index is -0.350. The summed E-state index contributed by atoms with van der Waals surface area (Å²) in [5, 5.41) is 0. The molecular formula is C4H8N2O. The van der Waals surface area contributed by atoms with Crippen molar-refractivity contribution in [1.82, 2.24) is 0 Å². The molecule has 1 atom stereocenters. The summed E-state index contributed by atoms with van der Waals surface area (Å²) in [5.41, 5.74) is 5.15. The molecule has 0 aliphatic heterocycles. The third kappa shape index (κ3) is 3.16. The highest BCUT2D eigenvalue weighted by Gasteiger charge is 1.88. The predicted molar refractivity (Wildman–Crippen MR) is 26.4 cm³/mol. The second-order valence-electron chi connectivity index (χ2n) is 1.20. The second kappa shape index (κ2) is 3.53. The van der Waals surface area contributed by atoms with Gasteiger partial charge < -0.3 is 5.73 Å². The van der Waals surface area contributed by atoms with Gasteiger partial charge in [-0.15, -0.1) is 0 Å². The Morgan fingerprint density at radius 3 is 2.71 bits per heavy atom. The molecule has 0 radical (unpaired) electrons. The zero-order chi connectivity index (χ0) is 5.70. The third-order valence-corrected chi connectivity index (χ3v) is 0.637. The van der Waals surface area contributed by atoms with Crippen LogP contribution in [0.1, 0.15) is 13.3 Å². The normalized spacial score (nSPS) is 12.3. The van der Waals surface area contributed by atoms with E-state index in [1.807, 2.05) is 6.92 Å². The van der Waals surface area contributed by atoms with Crippen LogP contribution in [-0.4, -0.2) is 12.2 Å². The van der Waals surface area contributed by atoms with Crippen molar-refractivity contribution in [3.63, 3.8) is 0 Å². The number of nitrogens with zero attached hydrogens (tertiary/aromatic N) is 1. The Hall–Kier alpha value is -0.660. The molecule has 3 heteroatoms. The Bertz CT molecular complexity index is 85.7. The van der Waals surface area contributed by atoms with Gasteiger partial charge in [0.25, 0.3) is 0 Å². The smallest absolute Gasteiger partial charge is 0.236 e. The average molecular weight is 100 g/mol. The van der Waals surface area contributed by atoms with Crippen molar-refractivity contribution >= 4 is 6.08 Å². The molecule has 1 unspecified atom stereocenters. The maximum atomic E-state index is 9.40. The molecule has 0 saturated heterocycles. The predicted octanol–water partition coefficient (Wildman–Crippen LogP) is 0.0170. The van der Waals surface area contributed by atoms with Crippen molar-refractivity contribution in [2.75, 3.05) is 0 Å². The molecule has 0 heterocycles. The van der Waals surface area contributed by atoms with E-state index >= 15 is 0 Å². The number of aliphatic imine (C=N–C) groups is 1. The van der Waals surface area contributed by atoms with Crippen LogP contribution in [0, 0.1) is 0 Å². The summed E-state index contributed by atoms with van der Waals surface area (Å²) < 4.78 is 0. The minimum absolute atomic E-state index is 0.350. The van der Waals surface area contributed by atoms with Crippen LogP contribution in [0.2, 0.25) is 0 Å². The van der Waals surface area contributed by atoms with Crippen LogP contribution in [0.3, 0.4) is 0 Å². The highest BCUT2D eigenvalue weighted by molar-refractivity contribution is 5.33. The standard InChI is InChI=1S/C4H8N2O/c1-2-4(5)6-3-7/h4H,2,5H2,1H3. The summed E-state index contributed by atoms with van der Waals surface area (Å²) in [7, 11) is 0. The zero-order valence-electron chi connectivity index (χ0n) is 4.22. The Labute approximate surface area is 42.2 Å². The molecule has 0 aliphatic carbocycles. The van der Waals surface area contributed by atoms with Crippen LogP contribution in [-0.2, 0) is 4.79 Å². The average Bonchev–Trinajstić information content (AvgIpc) is 1.68. The van der Waals surface area contributed by atoms with E-state index in [9.17, 15) is 4.79 Å². The van der Waals surface area contributed by atoms with E-state index in [1.165, 1.54) is 6.08 Å². The third-order valence-electron chi connectivity index (χ3n) is 0.637. The molecule has 0 fully saturated rings. The Kier molecular flexibility index (Phi) is 3.19. The van der Waals surface area contributed by atoms with Crippen LogP contribution in [0.5, 0.6) is 0 Å². The van der Waals surface area contributed by atoms with Crippen molar-refractivity contribution in [1.29, 1.82) is 0 Å². The van der Waals surface area contributed by atoms with Crippen molar-refractivity contribution < 1.29 is 4.79 Å². The summed E-state index contributed by atoms with van der Waals surface area (Å²) in [5.74, 6) is 0. The number of hydrogen-bond acceptors (Lipinski definition) is 3. The van der Waals surface area contributed by atoms with Crippen molar-refractivity contribution in [2.24, 2.45) is 10.7 Å². The molecule has 7 heavy (non-hydrogen) atoms. The number of isocyanates is 1. The number of nitrogens with two attached hydrogens (primary N) is 1. The van der Waals surface area contributed by atoms with Gasteiger partial charge in [-0.25, -0.2) is 4.79 Å². The van der Waals surface area contributed by atoms with Gasteiger partial charge in [-0.2, -0.15) is 4.99 Å². The molecule has 40 valence electrons. The summed E-state index contributed by atoms with van der Waals surface area (Å²) in [6.45, 7) is 1.85. The van der Waals surface area contributed by atoms with Gasteiger partial charge in [0.05, 0.1) is 0 Å².